The van der Waals surface area contributed by atoms with Gasteiger partial charge in [0.25, 0.3) is 5.56 Å². The van der Waals surface area contributed by atoms with Gasteiger partial charge in [-0.1, -0.05) is 24.3 Å². The number of H-pyrrole nitrogens is 1. The van der Waals surface area contributed by atoms with Crippen LogP contribution in [0.5, 0.6) is 5.75 Å². The summed E-state index contributed by atoms with van der Waals surface area (Å²) in [6.45, 7) is 2.76. The van der Waals surface area contributed by atoms with Crippen LogP contribution in [-0.4, -0.2) is 29.4 Å². The lowest BCUT2D eigenvalue weighted by atomic mass is 9.93. The third kappa shape index (κ3) is 3.40. The van der Waals surface area contributed by atoms with Crippen LogP contribution >= 0.6 is 0 Å². The zero-order valence-corrected chi connectivity index (χ0v) is 16.2. The zero-order chi connectivity index (χ0) is 19.7. The van der Waals surface area contributed by atoms with Crippen molar-refractivity contribution in [2.45, 2.75) is 32.2 Å². The number of carbonyl (C=O) groups excluding carboxylic acids is 1. The Bertz CT molecular complexity index is 1090. The standard InChI is InChI=1S/C23H24N2O3/c1-15-20-14-19(28-2)9-7-16(20)11-12-25(15)22(26)10-8-18-13-17-5-3-4-6-21(17)24-23(18)27/h3-7,9,13-15H,8,10-12H2,1-2H3,(H,24,27). The smallest absolute Gasteiger partial charge is 0.251 e. The summed E-state index contributed by atoms with van der Waals surface area (Å²) in [5.41, 5.74) is 3.76. The van der Waals surface area contributed by atoms with Crippen LogP contribution in [0.1, 0.15) is 36.1 Å². The SMILES string of the molecule is COc1ccc2c(c1)C(C)N(C(=O)CCc1cc3ccccc3[nH]c1=O)CC2. The van der Waals surface area contributed by atoms with E-state index in [-0.39, 0.29) is 17.5 Å². The van der Waals surface area contributed by atoms with E-state index >= 15 is 0 Å². The highest BCUT2D eigenvalue weighted by atomic mass is 16.5. The normalized spacial score (nSPS) is 16.1. The number of hydrogen-bond donors (Lipinski definition) is 1. The summed E-state index contributed by atoms with van der Waals surface area (Å²) in [6, 6.07) is 15.6. The number of aromatic amines is 1. The van der Waals surface area contributed by atoms with Crippen LogP contribution in [-0.2, 0) is 17.6 Å². The summed E-state index contributed by atoms with van der Waals surface area (Å²) in [4.78, 5) is 30.0. The van der Waals surface area contributed by atoms with E-state index in [4.69, 9.17) is 4.74 Å². The number of methoxy groups -OCH3 is 1. The average Bonchev–Trinajstić information content (AvgIpc) is 2.72. The largest absolute Gasteiger partial charge is 0.497 e. The molecular formula is C23H24N2O3. The van der Waals surface area contributed by atoms with Crippen LogP contribution in [0.2, 0.25) is 0 Å². The molecule has 1 aliphatic rings. The van der Waals surface area contributed by atoms with E-state index < -0.39 is 0 Å². The fourth-order valence-corrected chi connectivity index (χ4v) is 4.02. The van der Waals surface area contributed by atoms with Gasteiger partial charge in [-0.05, 0) is 60.5 Å². The molecule has 0 saturated heterocycles. The van der Waals surface area contributed by atoms with Crippen LogP contribution in [0, 0.1) is 0 Å². The first-order valence-electron chi connectivity index (χ1n) is 9.64. The van der Waals surface area contributed by atoms with Gasteiger partial charge in [0.05, 0.1) is 13.2 Å². The fourth-order valence-electron chi connectivity index (χ4n) is 4.02. The Morgan fingerprint density at radius 2 is 2.04 bits per heavy atom. The maximum atomic E-state index is 12.9. The average molecular weight is 376 g/mol. The number of aryl methyl sites for hydroxylation is 1. The highest BCUT2D eigenvalue weighted by molar-refractivity contribution is 5.80. The summed E-state index contributed by atoms with van der Waals surface area (Å²) in [7, 11) is 1.65. The van der Waals surface area contributed by atoms with E-state index in [9.17, 15) is 9.59 Å². The minimum atomic E-state index is -0.117. The predicted octanol–water partition coefficient (Wildman–Crippen LogP) is 3.62. The van der Waals surface area contributed by atoms with E-state index in [1.54, 1.807) is 7.11 Å². The lowest BCUT2D eigenvalue weighted by Gasteiger charge is -2.35. The lowest BCUT2D eigenvalue weighted by molar-refractivity contribution is -0.133. The number of fused-ring (bicyclic) bond motifs is 2. The van der Waals surface area contributed by atoms with Gasteiger partial charge >= 0.3 is 0 Å². The minimum Gasteiger partial charge on any atom is -0.497 e. The monoisotopic (exact) mass is 376 g/mol. The maximum absolute atomic E-state index is 12.9. The van der Waals surface area contributed by atoms with E-state index in [1.807, 2.05) is 47.4 Å². The number of amides is 1. The molecule has 1 amide bonds. The van der Waals surface area contributed by atoms with Crippen LogP contribution in [0.15, 0.2) is 53.3 Å². The van der Waals surface area contributed by atoms with Gasteiger partial charge in [0, 0.05) is 24.0 Å². The van der Waals surface area contributed by atoms with Gasteiger partial charge in [-0.2, -0.15) is 0 Å². The molecule has 2 aromatic carbocycles. The Labute approximate surface area is 163 Å². The number of ether oxygens (including phenoxy) is 1. The van der Waals surface area contributed by atoms with Gasteiger partial charge in [-0.25, -0.2) is 0 Å². The zero-order valence-electron chi connectivity index (χ0n) is 16.2. The molecule has 5 nitrogen and oxygen atoms in total. The van der Waals surface area contributed by atoms with Crippen LogP contribution in [0.3, 0.4) is 0 Å². The topological polar surface area (TPSA) is 62.4 Å². The Kier molecular flexibility index (Phi) is 4.90. The number of pyridine rings is 1. The fraction of sp³-hybridized carbons (Fsp3) is 0.304. The summed E-state index contributed by atoms with van der Waals surface area (Å²) < 4.78 is 5.34. The van der Waals surface area contributed by atoms with Crippen molar-refractivity contribution in [2.24, 2.45) is 0 Å². The van der Waals surface area contributed by atoms with Gasteiger partial charge in [-0.15, -0.1) is 0 Å². The van der Waals surface area contributed by atoms with Crippen molar-refractivity contribution in [1.29, 1.82) is 0 Å². The molecule has 1 N–H and O–H groups in total. The molecule has 28 heavy (non-hydrogen) atoms. The number of para-hydroxylation sites is 1. The molecule has 0 fully saturated rings. The highest BCUT2D eigenvalue weighted by Gasteiger charge is 2.27. The van der Waals surface area contributed by atoms with Crippen LogP contribution in [0.25, 0.3) is 10.9 Å². The number of aromatic nitrogens is 1. The van der Waals surface area contributed by atoms with Crippen LogP contribution in [0.4, 0.5) is 0 Å². The number of benzene rings is 2. The number of rotatable bonds is 4. The summed E-state index contributed by atoms with van der Waals surface area (Å²) in [5, 5.41) is 0.983. The molecule has 1 atom stereocenters. The summed E-state index contributed by atoms with van der Waals surface area (Å²) >= 11 is 0. The Hall–Kier alpha value is -3.08. The van der Waals surface area contributed by atoms with Crippen molar-refractivity contribution >= 4 is 16.8 Å². The first kappa shape index (κ1) is 18.3. The Balaban J connectivity index is 1.50. The molecule has 4 rings (SSSR count). The van der Waals surface area contributed by atoms with Crippen LogP contribution < -0.4 is 10.3 Å². The lowest BCUT2D eigenvalue weighted by Crippen LogP contribution is -2.39. The maximum Gasteiger partial charge on any atom is 0.251 e. The van der Waals surface area contributed by atoms with Gasteiger partial charge in [0.2, 0.25) is 5.91 Å². The van der Waals surface area contributed by atoms with E-state index in [0.717, 1.165) is 28.6 Å². The predicted molar refractivity (Wildman–Crippen MR) is 110 cm³/mol. The number of nitrogens with one attached hydrogen (secondary N) is 1. The third-order valence-corrected chi connectivity index (χ3v) is 5.65. The molecule has 0 spiro atoms. The molecule has 144 valence electrons. The second-order valence-corrected chi connectivity index (χ2v) is 7.29. The van der Waals surface area contributed by atoms with Crippen molar-refractivity contribution < 1.29 is 9.53 Å². The number of nitrogens with zero attached hydrogens (tertiary/aromatic N) is 1. The van der Waals surface area contributed by atoms with Gasteiger partial charge in [-0.3, -0.25) is 9.59 Å². The van der Waals surface area contributed by atoms with Crippen molar-refractivity contribution in [3.63, 3.8) is 0 Å². The molecule has 2 heterocycles. The minimum absolute atomic E-state index is 0.00115. The number of hydrogen-bond acceptors (Lipinski definition) is 3. The molecule has 1 unspecified atom stereocenters. The number of carbonyl (C=O) groups is 1. The molecule has 0 saturated carbocycles. The molecular weight excluding hydrogens is 352 g/mol. The van der Waals surface area contributed by atoms with Gasteiger partial charge < -0.3 is 14.6 Å². The molecule has 0 radical (unpaired) electrons. The second kappa shape index (κ2) is 7.50. The van der Waals surface area contributed by atoms with Gasteiger partial charge in [0.15, 0.2) is 0 Å². The first-order valence-corrected chi connectivity index (χ1v) is 9.64. The Morgan fingerprint density at radius 1 is 1.21 bits per heavy atom. The van der Waals surface area contributed by atoms with Crippen molar-refractivity contribution in [1.82, 2.24) is 9.88 Å². The Morgan fingerprint density at radius 3 is 2.86 bits per heavy atom. The third-order valence-electron chi connectivity index (χ3n) is 5.65. The molecule has 1 aliphatic heterocycles. The van der Waals surface area contributed by atoms with E-state index in [0.29, 0.717) is 24.9 Å². The van der Waals surface area contributed by atoms with E-state index in [1.165, 1.54) is 5.56 Å². The molecule has 5 heteroatoms. The molecule has 1 aromatic heterocycles. The van der Waals surface area contributed by atoms with Crippen molar-refractivity contribution in [2.75, 3.05) is 13.7 Å². The first-order chi connectivity index (χ1) is 13.6. The summed E-state index contributed by atoms with van der Waals surface area (Å²) in [6.07, 6.45) is 1.60. The van der Waals surface area contributed by atoms with Crippen molar-refractivity contribution in [3.8, 4) is 5.75 Å². The molecule has 0 bridgehead atoms. The van der Waals surface area contributed by atoms with E-state index in [2.05, 4.69) is 18.0 Å². The second-order valence-electron chi connectivity index (χ2n) is 7.29. The van der Waals surface area contributed by atoms with Gasteiger partial charge in [0.1, 0.15) is 5.75 Å². The molecule has 0 aliphatic carbocycles. The summed E-state index contributed by atoms with van der Waals surface area (Å²) in [5.74, 6) is 0.885. The highest BCUT2D eigenvalue weighted by Crippen LogP contribution is 2.32. The van der Waals surface area contributed by atoms with Crippen molar-refractivity contribution in [3.05, 3.63) is 75.6 Å². The quantitative estimate of drug-likeness (QED) is 0.757. The molecule has 3 aromatic rings.